The minimum absolute atomic E-state index is 0.504. The van der Waals surface area contributed by atoms with Gasteiger partial charge in [0.25, 0.3) is 0 Å². The number of thiol groups is 2. The number of alkyl halides is 1. The van der Waals surface area contributed by atoms with Crippen molar-refractivity contribution in [3.8, 4) is 0 Å². The molecule has 0 saturated heterocycles. The molecule has 0 spiro atoms. The van der Waals surface area contributed by atoms with Crippen LogP contribution in [-0.4, -0.2) is 27.3 Å². The maximum absolute atomic E-state index is 9.87. The Morgan fingerprint density at radius 2 is 1.67 bits per heavy atom. The van der Waals surface area contributed by atoms with E-state index in [9.17, 15) is 16.8 Å². The Balaban J connectivity index is 3.93. The number of hydrogen-bond donors (Lipinski definition) is 2. The molecule has 0 bridgehead atoms. The van der Waals surface area contributed by atoms with Crippen molar-refractivity contribution in [2.45, 2.75) is 4.71 Å². The normalized spacial score (nSPS) is 14.6. The van der Waals surface area contributed by atoms with Gasteiger partial charge in [-0.15, -0.1) is 11.6 Å². The Labute approximate surface area is 60.7 Å². The Morgan fingerprint density at radius 1 is 1.22 bits per heavy atom. The van der Waals surface area contributed by atoms with Crippen LogP contribution in [0, 0.1) is 0 Å². The molecule has 0 heterocycles. The van der Waals surface area contributed by atoms with E-state index in [-0.39, 0.29) is 0 Å². The van der Waals surface area contributed by atoms with E-state index in [0.29, 0.717) is 0 Å². The van der Waals surface area contributed by atoms with Crippen LogP contribution in [0.1, 0.15) is 0 Å². The van der Waals surface area contributed by atoms with Gasteiger partial charge in [0.1, 0.15) is 15.4 Å². The fourth-order valence-corrected chi connectivity index (χ4v) is 1.71. The Kier molecular flexibility index (Phi) is 4.16. The van der Waals surface area contributed by atoms with Gasteiger partial charge in [0.2, 0.25) is 0 Å². The molecule has 0 amide bonds. The lowest BCUT2D eigenvalue weighted by atomic mass is 10.9. The Morgan fingerprint density at radius 3 is 1.78 bits per heavy atom. The monoisotopic (exact) mass is 192 g/mol. The van der Waals surface area contributed by atoms with Gasteiger partial charge in [-0.05, 0) is 0 Å². The topological polar surface area (TPSA) is 68.3 Å². The van der Waals surface area contributed by atoms with Crippen molar-refractivity contribution in [1.82, 2.24) is 0 Å². The highest BCUT2D eigenvalue weighted by Gasteiger charge is 2.06. The summed E-state index contributed by atoms with van der Waals surface area (Å²) in [5.74, 6) is -0.504. The Hall–Kier alpha value is 0.190. The van der Waals surface area contributed by atoms with Gasteiger partial charge in [0.05, 0.1) is 5.75 Å². The van der Waals surface area contributed by atoms with E-state index in [1.807, 2.05) is 0 Å². The van der Waals surface area contributed by atoms with E-state index in [1.54, 1.807) is 0 Å². The summed E-state index contributed by atoms with van der Waals surface area (Å²) >= 11 is 5.03. The second-order valence-corrected chi connectivity index (χ2v) is 4.29. The summed E-state index contributed by atoms with van der Waals surface area (Å²) in [6, 6.07) is 0. The minimum atomic E-state index is -2.81. The molecule has 7 heteroatoms. The van der Waals surface area contributed by atoms with Crippen LogP contribution in [0.5, 0.6) is 0 Å². The molecule has 0 N–H and O–H groups in total. The summed E-state index contributed by atoms with van der Waals surface area (Å²) in [4.78, 5) is 0. The van der Waals surface area contributed by atoms with Crippen molar-refractivity contribution in [3.05, 3.63) is 0 Å². The first-order valence-electron chi connectivity index (χ1n) is 1.93. The van der Waals surface area contributed by atoms with Crippen LogP contribution in [0.25, 0.3) is 0 Å². The summed E-state index contributed by atoms with van der Waals surface area (Å²) in [5, 5.41) is 0. The standard InChI is InChI=1S/C2H5ClO4S2/c3-2(9(6)7)1-8(4)5/h2,8-9H,1H2. The molecule has 1 unspecified atom stereocenters. The van der Waals surface area contributed by atoms with Gasteiger partial charge < -0.3 is 0 Å². The van der Waals surface area contributed by atoms with Crippen LogP contribution in [0.2, 0.25) is 0 Å². The maximum atomic E-state index is 9.87. The zero-order valence-electron chi connectivity index (χ0n) is 4.19. The quantitative estimate of drug-likeness (QED) is 0.434. The average Bonchev–Trinajstić information content (AvgIpc) is 1.63. The lowest BCUT2D eigenvalue weighted by Gasteiger charge is -1.89. The second kappa shape index (κ2) is 4.08. The van der Waals surface area contributed by atoms with Crippen molar-refractivity contribution >= 4 is 33.0 Å². The van der Waals surface area contributed by atoms with Crippen molar-refractivity contribution < 1.29 is 16.8 Å². The van der Waals surface area contributed by atoms with Gasteiger partial charge in [-0.3, -0.25) is 0 Å². The molecule has 0 aliphatic heterocycles. The molecule has 0 aliphatic carbocycles. The summed E-state index contributed by atoms with van der Waals surface area (Å²) in [6.45, 7) is 0. The molecule has 4 nitrogen and oxygen atoms in total. The first kappa shape index (κ1) is 9.19. The molecule has 9 heavy (non-hydrogen) atoms. The average molecular weight is 193 g/mol. The smallest absolute Gasteiger partial charge is 0.157 e. The maximum Gasteiger partial charge on any atom is 0.157 e. The van der Waals surface area contributed by atoms with E-state index >= 15 is 0 Å². The van der Waals surface area contributed by atoms with E-state index in [1.165, 1.54) is 0 Å². The van der Waals surface area contributed by atoms with Crippen LogP contribution < -0.4 is 0 Å². The molecule has 56 valence electrons. The van der Waals surface area contributed by atoms with Crippen molar-refractivity contribution in [3.63, 3.8) is 0 Å². The van der Waals surface area contributed by atoms with Gasteiger partial charge in [-0.25, -0.2) is 16.8 Å². The SMILES string of the molecule is O=[SH](=O)CC(Cl)[SH](=O)=O. The summed E-state index contributed by atoms with van der Waals surface area (Å²) in [6.07, 6.45) is 0. The molecule has 0 fully saturated rings. The zero-order valence-corrected chi connectivity index (χ0v) is 6.73. The summed E-state index contributed by atoms with van der Waals surface area (Å²) in [7, 11) is -5.50. The fourth-order valence-electron chi connectivity index (χ4n) is 0.190. The highest BCUT2D eigenvalue weighted by Crippen LogP contribution is 1.94. The predicted octanol–water partition coefficient (Wildman–Crippen LogP) is -1.23. The minimum Gasteiger partial charge on any atom is -0.232 e. The van der Waals surface area contributed by atoms with Crippen LogP contribution in [-0.2, 0) is 21.4 Å². The molecule has 0 rings (SSSR count). The third-order valence-corrected chi connectivity index (χ3v) is 2.97. The first-order chi connectivity index (χ1) is 4.04. The van der Waals surface area contributed by atoms with Gasteiger partial charge in [0.15, 0.2) is 10.7 Å². The lowest BCUT2D eigenvalue weighted by Crippen LogP contribution is -2.07. The molecule has 0 aliphatic rings. The molecule has 0 aromatic carbocycles. The third kappa shape index (κ3) is 4.68. The molecule has 0 aromatic heterocycles. The van der Waals surface area contributed by atoms with Crippen LogP contribution in [0.3, 0.4) is 0 Å². The molecule has 0 aromatic rings. The lowest BCUT2D eigenvalue weighted by molar-refractivity contribution is 0.604. The molecule has 0 radical (unpaired) electrons. The van der Waals surface area contributed by atoms with Crippen LogP contribution >= 0.6 is 11.6 Å². The van der Waals surface area contributed by atoms with Crippen molar-refractivity contribution in [2.75, 3.05) is 5.75 Å². The fraction of sp³-hybridized carbons (Fsp3) is 1.00. The van der Waals surface area contributed by atoms with Crippen LogP contribution in [0.4, 0.5) is 0 Å². The highest BCUT2D eigenvalue weighted by atomic mass is 35.5. The van der Waals surface area contributed by atoms with E-state index in [0.717, 1.165) is 0 Å². The van der Waals surface area contributed by atoms with Gasteiger partial charge in [-0.2, -0.15) is 0 Å². The molecule has 1 atom stereocenters. The number of halogens is 1. The zero-order chi connectivity index (χ0) is 7.44. The summed E-state index contributed by atoms with van der Waals surface area (Å²) in [5.41, 5.74) is 0. The molecular formula is C2H5ClO4S2. The highest BCUT2D eigenvalue weighted by molar-refractivity contribution is 7.78. The van der Waals surface area contributed by atoms with Gasteiger partial charge >= 0.3 is 0 Å². The molecule has 0 saturated carbocycles. The third-order valence-electron chi connectivity index (χ3n) is 0.528. The first-order valence-corrected chi connectivity index (χ1v) is 4.98. The second-order valence-electron chi connectivity index (χ2n) is 1.24. The van der Waals surface area contributed by atoms with E-state index in [2.05, 4.69) is 0 Å². The summed E-state index contributed by atoms with van der Waals surface area (Å²) < 4.78 is 38.1. The predicted molar refractivity (Wildman–Crippen MR) is 35.1 cm³/mol. The number of rotatable bonds is 3. The van der Waals surface area contributed by atoms with Crippen molar-refractivity contribution in [2.24, 2.45) is 0 Å². The van der Waals surface area contributed by atoms with Crippen LogP contribution in [0.15, 0.2) is 0 Å². The van der Waals surface area contributed by atoms with Crippen molar-refractivity contribution in [1.29, 1.82) is 0 Å². The van der Waals surface area contributed by atoms with E-state index in [4.69, 9.17) is 11.6 Å². The van der Waals surface area contributed by atoms with Gasteiger partial charge in [-0.1, -0.05) is 0 Å². The van der Waals surface area contributed by atoms with Gasteiger partial charge in [0, 0.05) is 0 Å². The molecular weight excluding hydrogens is 188 g/mol. The Bertz CT molecular complexity index is 201. The van der Waals surface area contributed by atoms with E-state index < -0.39 is 31.9 Å². The largest absolute Gasteiger partial charge is 0.232 e. The number of hydrogen-bond acceptors (Lipinski definition) is 4.